The maximum atomic E-state index is 11.9. The van der Waals surface area contributed by atoms with E-state index >= 15 is 0 Å². The molecule has 0 aliphatic heterocycles. The van der Waals surface area contributed by atoms with Crippen molar-refractivity contribution in [3.63, 3.8) is 0 Å². The number of nitrogens with one attached hydrogen (secondary N) is 2. The second-order valence-corrected chi connectivity index (χ2v) is 7.01. The van der Waals surface area contributed by atoms with Crippen molar-refractivity contribution in [3.8, 4) is 0 Å². The molecule has 7 heteroatoms. The summed E-state index contributed by atoms with van der Waals surface area (Å²) in [5.74, 6) is -1.22. The Bertz CT molecular complexity index is 495. The fourth-order valence-corrected chi connectivity index (χ4v) is 3.03. The van der Waals surface area contributed by atoms with Gasteiger partial charge in [-0.25, -0.2) is 9.78 Å². The molecule has 6 nitrogen and oxygen atoms in total. The molecule has 0 fully saturated rings. The normalized spacial score (nSPS) is 11.6. The number of nitrogens with zero attached hydrogens (tertiary/aromatic N) is 1. The molecule has 1 aromatic rings. The van der Waals surface area contributed by atoms with Crippen LogP contribution in [0.25, 0.3) is 0 Å². The molecule has 0 aliphatic rings. The molecular formula is C20H36N3NaO3. The van der Waals surface area contributed by atoms with Crippen LogP contribution in [0.2, 0.25) is 0 Å². The van der Waals surface area contributed by atoms with Gasteiger partial charge in [-0.05, 0) is 6.42 Å². The van der Waals surface area contributed by atoms with Gasteiger partial charge in [-0.15, -0.1) is 0 Å². The number of hydrogen-bond acceptors (Lipinski definition) is 3. The van der Waals surface area contributed by atoms with Gasteiger partial charge in [0.05, 0.1) is 12.0 Å². The number of carboxylic acids is 1. The number of aliphatic carboxylic acids is 1. The molecule has 1 unspecified atom stereocenters. The van der Waals surface area contributed by atoms with Gasteiger partial charge >= 0.3 is 35.5 Å². The maximum absolute atomic E-state index is 11.9. The van der Waals surface area contributed by atoms with Crippen molar-refractivity contribution in [1.29, 1.82) is 0 Å². The van der Waals surface area contributed by atoms with E-state index in [4.69, 9.17) is 0 Å². The Morgan fingerprint density at radius 1 is 1.04 bits per heavy atom. The van der Waals surface area contributed by atoms with Gasteiger partial charge in [-0.3, -0.25) is 4.79 Å². The third-order valence-corrected chi connectivity index (χ3v) is 4.61. The first kappa shape index (κ1) is 26.1. The van der Waals surface area contributed by atoms with E-state index in [-0.39, 0.29) is 41.9 Å². The first-order valence-corrected chi connectivity index (χ1v) is 10.1. The van der Waals surface area contributed by atoms with Crippen molar-refractivity contribution in [1.82, 2.24) is 15.3 Å². The minimum absolute atomic E-state index is 0. The minimum atomic E-state index is -1.03. The Kier molecular flexibility index (Phi) is 16.7. The molecule has 0 aromatic carbocycles. The number of carbonyl (C=O) groups is 2. The Hall–Kier alpha value is -0.850. The number of H-pyrrole nitrogens is 1. The molecule has 1 aromatic heterocycles. The van der Waals surface area contributed by atoms with Crippen LogP contribution in [0, 0.1) is 0 Å². The number of hydrogen-bond donors (Lipinski definition) is 3. The van der Waals surface area contributed by atoms with Crippen molar-refractivity contribution in [2.75, 3.05) is 0 Å². The van der Waals surface area contributed by atoms with Gasteiger partial charge in [0.15, 0.2) is 0 Å². The molecule has 1 atom stereocenters. The van der Waals surface area contributed by atoms with E-state index < -0.39 is 12.0 Å². The van der Waals surface area contributed by atoms with Crippen LogP contribution in [0.4, 0.5) is 0 Å². The van der Waals surface area contributed by atoms with E-state index in [0.717, 1.165) is 19.3 Å². The summed E-state index contributed by atoms with van der Waals surface area (Å²) in [6.45, 7) is 2.24. The molecule has 0 aliphatic carbocycles. The molecule has 3 N–H and O–H groups in total. The SMILES string of the molecule is CCCCCCCCCCCCCC(=O)NC(Cc1c[nH]cn1)C(=O)O.[NaH]. The summed E-state index contributed by atoms with van der Waals surface area (Å²) < 4.78 is 0. The first-order valence-electron chi connectivity index (χ1n) is 10.1. The number of imidazole rings is 1. The van der Waals surface area contributed by atoms with Gasteiger partial charge in [0.2, 0.25) is 5.91 Å². The number of aromatic amines is 1. The summed E-state index contributed by atoms with van der Waals surface area (Å²) in [5, 5.41) is 11.8. The Balaban J connectivity index is 0.00000676. The van der Waals surface area contributed by atoms with E-state index in [1.807, 2.05) is 0 Å². The quantitative estimate of drug-likeness (QED) is 0.297. The van der Waals surface area contributed by atoms with Gasteiger partial charge in [0.1, 0.15) is 6.04 Å². The summed E-state index contributed by atoms with van der Waals surface area (Å²) in [6, 6.07) is -0.918. The average molecular weight is 390 g/mol. The van der Waals surface area contributed by atoms with E-state index in [9.17, 15) is 14.7 Å². The average Bonchev–Trinajstić information content (AvgIpc) is 3.12. The first-order chi connectivity index (χ1) is 12.6. The Labute approximate surface area is 185 Å². The second kappa shape index (κ2) is 17.3. The van der Waals surface area contributed by atoms with E-state index in [1.54, 1.807) is 6.20 Å². The van der Waals surface area contributed by atoms with Gasteiger partial charge in [0.25, 0.3) is 0 Å². The molecule has 0 radical (unpaired) electrons. The zero-order valence-corrected chi connectivity index (χ0v) is 16.1. The Morgan fingerprint density at radius 3 is 2.07 bits per heavy atom. The summed E-state index contributed by atoms with van der Waals surface area (Å²) in [5.41, 5.74) is 0.632. The molecule has 0 saturated carbocycles. The molecule has 0 bridgehead atoms. The van der Waals surface area contributed by atoms with Crippen LogP contribution in [-0.2, 0) is 16.0 Å². The van der Waals surface area contributed by atoms with Crippen LogP contribution in [-0.4, -0.2) is 62.6 Å². The zero-order valence-electron chi connectivity index (χ0n) is 16.1. The molecule has 1 heterocycles. The second-order valence-electron chi connectivity index (χ2n) is 7.01. The summed E-state index contributed by atoms with van der Waals surface area (Å²) >= 11 is 0. The number of unbranched alkanes of at least 4 members (excludes halogenated alkanes) is 10. The van der Waals surface area contributed by atoms with Crippen LogP contribution in [0.1, 0.15) is 89.7 Å². The zero-order chi connectivity index (χ0) is 19.0. The van der Waals surface area contributed by atoms with Gasteiger partial charge < -0.3 is 15.4 Å². The topological polar surface area (TPSA) is 95.1 Å². The predicted molar refractivity (Wildman–Crippen MR) is 110 cm³/mol. The molecule has 0 spiro atoms. The van der Waals surface area contributed by atoms with Crippen molar-refractivity contribution >= 4 is 41.4 Å². The third kappa shape index (κ3) is 13.9. The van der Waals surface area contributed by atoms with E-state index in [2.05, 4.69) is 22.2 Å². The number of carboxylic acid groups (broad SMARTS) is 1. The number of rotatable bonds is 16. The monoisotopic (exact) mass is 389 g/mol. The van der Waals surface area contributed by atoms with Crippen molar-refractivity contribution in [2.45, 2.75) is 96.4 Å². The molecular weight excluding hydrogens is 353 g/mol. The van der Waals surface area contributed by atoms with Crippen LogP contribution in [0.5, 0.6) is 0 Å². The Morgan fingerprint density at radius 2 is 1.59 bits per heavy atom. The van der Waals surface area contributed by atoms with Gasteiger partial charge in [-0.2, -0.15) is 0 Å². The fourth-order valence-electron chi connectivity index (χ4n) is 3.03. The van der Waals surface area contributed by atoms with Crippen molar-refractivity contribution < 1.29 is 14.7 Å². The molecule has 1 rings (SSSR count). The molecule has 150 valence electrons. The van der Waals surface area contributed by atoms with Crippen molar-refractivity contribution in [3.05, 3.63) is 18.2 Å². The summed E-state index contributed by atoms with van der Waals surface area (Å²) in [4.78, 5) is 30.0. The summed E-state index contributed by atoms with van der Waals surface area (Å²) in [7, 11) is 0. The van der Waals surface area contributed by atoms with Crippen LogP contribution >= 0.6 is 0 Å². The number of amides is 1. The summed E-state index contributed by atoms with van der Waals surface area (Å²) in [6.07, 6.45) is 17.3. The number of carbonyl (C=O) groups excluding carboxylic acids is 1. The van der Waals surface area contributed by atoms with Gasteiger partial charge in [0, 0.05) is 19.0 Å². The van der Waals surface area contributed by atoms with Crippen LogP contribution < -0.4 is 5.32 Å². The van der Waals surface area contributed by atoms with E-state index in [1.165, 1.54) is 57.7 Å². The third-order valence-electron chi connectivity index (χ3n) is 4.61. The fraction of sp³-hybridized carbons (Fsp3) is 0.750. The number of aromatic nitrogens is 2. The van der Waals surface area contributed by atoms with Crippen molar-refractivity contribution in [2.24, 2.45) is 0 Å². The molecule has 27 heavy (non-hydrogen) atoms. The van der Waals surface area contributed by atoms with Crippen LogP contribution in [0.15, 0.2) is 12.5 Å². The van der Waals surface area contributed by atoms with Gasteiger partial charge in [-0.1, -0.05) is 71.1 Å². The van der Waals surface area contributed by atoms with E-state index in [0.29, 0.717) is 12.1 Å². The molecule has 1 amide bonds. The predicted octanol–water partition coefficient (Wildman–Crippen LogP) is 3.57. The molecule has 0 saturated heterocycles. The standard InChI is InChI=1S/C20H35N3O3.Na.H/c1-2-3-4-5-6-7-8-9-10-11-12-13-19(24)23-18(20(25)26)14-17-15-21-16-22-17;;/h15-16,18H,2-14H2,1H3,(H,21,22)(H,23,24)(H,25,26);;. The van der Waals surface area contributed by atoms with Crippen LogP contribution in [0.3, 0.4) is 0 Å².